The average molecular weight is 447 g/mol. The van der Waals surface area contributed by atoms with Crippen LogP contribution in [0.1, 0.15) is 25.0 Å². The number of Topliss-reactive ketones (excluding diaryl/α,β-unsaturated/α-hetero) is 2. The molecule has 1 saturated carbocycles. The van der Waals surface area contributed by atoms with Crippen molar-refractivity contribution in [3.05, 3.63) is 40.8 Å². The van der Waals surface area contributed by atoms with E-state index in [-0.39, 0.29) is 22.1 Å². The normalized spacial score (nSPS) is 21.2. The lowest BCUT2D eigenvalue weighted by molar-refractivity contribution is -0.130. The molecule has 1 heterocycles. The highest BCUT2D eigenvalue weighted by molar-refractivity contribution is 7.93. The Morgan fingerprint density at radius 1 is 1.07 bits per heavy atom. The lowest BCUT2D eigenvalue weighted by Crippen LogP contribution is -2.46. The molecule has 0 bridgehead atoms. The summed E-state index contributed by atoms with van der Waals surface area (Å²) in [5.41, 5.74) is 4.82. The molecule has 0 amide bonds. The van der Waals surface area contributed by atoms with Crippen LogP contribution in [-0.4, -0.2) is 31.4 Å². The molecule has 1 aromatic carbocycles. The van der Waals surface area contributed by atoms with Gasteiger partial charge in [0.15, 0.2) is 11.6 Å². The van der Waals surface area contributed by atoms with Crippen LogP contribution >= 0.6 is 11.3 Å². The first-order valence-corrected chi connectivity index (χ1v) is 11.6. The van der Waals surface area contributed by atoms with Crippen molar-refractivity contribution in [1.29, 1.82) is 5.41 Å². The Morgan fingerprint density at radius 2 is 1.70 bits per heavy atom. The predicted molar refractivity (Wildman–Crippen MR) is 118 cm³/mol. The fourth-order valence-electron chi connectivity index (χ4n) is 2.92. The van der Waals surface area contributed by atoms with Gasteiger partial charge in [-0.25, -0.2) is 8.42 Å². The first kappa shape index (κ1) is 21.8. The average Bonchev–Trinajstić information content (AvgIpc) is 3.02. The molecule has 0 saturated heterocycles. The summed E-state index contributed by atoms with van der Waals surface area (Å²) in [6.45, 7) is 6.86. The van der Waals surface area contributed by atoms with E-state index in [1.807, 2.05) is 19.2 Å². The van der Waals surface area contributed by atoms with Crippen molar-refractivity contribution in [1.82, 2.24) is 0 Å². The van der Waals surface area contributed by atoms with Gasteiger partial charge in [-0.2, -0.15) is 5.10 Å². The molecular formula is C20H22N4O4S2. The molecule has 1 fully saturated rings. The number of hydrazone groups is 1. The van der Waals surface area contributed by atoms with Gasteiger partial charge in [0.25, 0.3) is 10.0 Å². The zero-order chi connectivity index (χ0) is 22.2. The Kier molecular flexibility index (Phi) is 5.91. The van der Waals surface area contributed by atoms with Crippen LogP contribution in [0.3, 0.4) is 0 Å². The number of hydrogen-bond donors (Lipinski definition) is 3. The highest BCUT2D eigenvalue weighted by Gasteiger charge is 2.40. The SMILES string of the molecule is Cc1csc(NS(=O)(=O)c2ccc(N/N=C3/C(=N)C(C)C(=O)C(C)C3=O)cc2)c1C. The Bertz CT molecular complexity index is 1140. The number of carbonyl (C=O) groups excluding carboxylic acids is 2. The van der Waals surface area contributed by atoms with Crippen LogP contribution in [0.5, 0.6) is 0 Å². The molecule has 8 nitrogen and oxygen atoms in total. The van der Waals surface area contributed by atoms with Crippen LogP contribution in [0.25, 0.3) is 0 Å². The Morgan fingerprint density at radius 3 is 2.27 bits per heavy atom. The van der Waals surface area contributed by atoms with Crippen molar-refractivity contribution in [3.8, 4) is 0 Å². The highest BCUT2D eigenvalue weighted by Crippen LogP contribution is 2.29. The molecule has 0 spiro atoms. The summed E-state index contributed by atoms with van der Waals surface area (Å²) < 4.78 is 27.8. The van der Waals surface area contributed by atoms with Gasteiger partial charge in [-0.15, -0.1) is 11.3 Å². The molecule has 2 atom stereocenters. The molecule has 2 aromatic rings. The summed E-state index contributed by atoms with van der Waals surface area (Å²) in [7, 11) is -3.74. The number of thiophene rings is 1. The van der Waals surface area contributed by atoms with Crippen LogP contribution < -0.4 is 10.1 Å². The molecule has 30 heavy (non-hydrogen) atoms. The van der Waals surface area contributed by atoms with Crippen molar-refractivity contribution in [2.45, 2.75) is 32.6 Å². The van der Waals surface area contributed by atoms with Gasteiger partial charge in [-0.05, 0) is 68.5 Å². The number of ketones is 2. The van der Waals surface area contributed by atoms with Crippen LogP contribution in [0.2, 0.25) is 0 Å². The summed E-state index contributed by atoms with van der Waals surface area (Å²) in [5.74, 6) is -2.32. The fraction of sp³-hybridized carbons (Fsp3) is 0.300. The van der Waals surface area contributed by atoms with E-state index in [0.29, 0.717) is 10.7 Å². The van der Waals surface area contributed by atoms with E-state index in [9.17, 15) is 18.0 Å². The maximum Gasteiger partial charge on any atom is 0.262 e. The molecule has 0 aliphatic heterocycles. The summed E-state index contributed by atoms with van der Waals surface area (Å²) in [6.07, 6.45) is 0. The number of nitrogens with zero attached hydrogens (tertiary/aromatic N) is 1. The van der Waals surface area contributed by atoms with Gasteiger partial charge in [-0.3, -0.25) is 19.7 Å². The minimum atomic E-state index is -3.74. The second-order valence-corrected chi connectivity index (χ2v) is 9.76. The Labute approximate surface area is 179 Å². The molecule has 10 heteroatoms. The molecule has 1 aromatic heterocycles. The number of anilines is 2. The second kappa shape index (κ2) is 8.11. The fourth-order valence-corrected chi connectivity index (χ4v) is 5.26. The molecule has 3 rings (SSSR count). The number of rotatable bonds is 5. The quantitative estimate of drug-likeness (QED) is 0.479. The summed E-state index contributed by atoms with van der Waals surface area (Å²) in [5, 5.41) is 14.5. The third-order valence-electron chi connectivity index (χ3n) is 5.14. The zero-order valence-electron chi connectivity index (χ0n) is 16.9. The number of benzene rings is 1. The van der Waals surface area contributed by atoms with Crippen LogP contribution in [0.15, 0.2) is 39.6 Å². The minimum absolute atomic E-state index is 0.0838. The van der Waals surface area contributed by atoms with Crippen molar-refractivity contribution in [2.24, 2.45) is 16.9 Å². The van der Waals surface area contributed by atoms with Crippen LogP contribution in [0, 0.1) is 31.1 Å². The second-order valence-electron chi connectivity index (χ2n) is 7.20. The van der Waals surface area contributed by atoms with Gasteiger partial charge in [0.1, 0.15) is 10.7 Å². The molecule has 1 aliphatic carbocycles. The standard InChI is InChI=1S/C20H22N4O4S2/c1-10-9-29-20(11(10)2)24-30(27,28)15-7-5-14(6-8-15)22-23-17-16(21)12(3)18(25)13(4)19(17)26/h5-9,12-13,21-22,24H,1-4H3/b21-16?,23-17-. The smallest absolute Gasteiger partial charge is 0.262 e. The van der Waals surface area contributed by atoms with Crippen LogP contribution in [0.4, 0.5) is 10.7 Å². The van der Waals surface area contributed by atoms with Gasteiger partial charge in [0.2, 0.25) is 0 Å². The maximum absolute atomic E-state index is 12.6. The van der Waals surface area contributed by atoms with E-state index >= 15 is 0 Å². The summed E-state index contributed by atoms with van der Waals surface area (Å²) in [6, 6.07) is 5.87. The third kappa shape index (κ3) is 4.05. The predicted octanol–water partition coefficient (Wildman–Crippen LogP) is 3.38. The number of carbonyl (C=O) groups is 2. The van der Waals surface area contributed by atoms with E-state index in [1.54, 1.807) is 6.92 Å². The molecule has 3 N–H and O–H groups in total. The number of nitrogens with one attached hydrogen (secondary N) is 3. The van der Waals surface area contributed by atoms with E-state index in [0.717, 1.165) is 11.1 Å². The maximum atomic E-state index is 12.6. The lowest BCUT2D eigenvalue weighted by Gasteiger charge is -2.23. The van der Waals surface area contributed by atoms with E-state index in [1.165, 1.54) is 42.5 Å². The number of aryl methyl sites for hydroxylation is 1. The number of hydrogen-bond acceptors (Lipinski definition) is 8. The molecule has 1 aliphatic rings. The topological polar surface area (TPSA) is 129 Å². The molecule has 0 radical (unpaired) electrons. The van der Waals surface area contributed by atoms with Gasteiger partial charge in [0, 0.05) is 0 Å². The van der Waals surface area contributed by atoms with Gasteiger partial charge in [-0.1, -0.05) is 0 Å². The minimum Gasteiger partial charge on any atom is -0.302 e. The van der Waals surface area contributed by atoms with Gasteiger partial charge < -0.3 is 5.41 Å². The Balaban J connectivity index is 1.77. The molecule has 2 unspecified atom stereocenters. The first-order valence-electron chi connectivity index (χ1n) is 9.21. The summed E-state index contributed by atoms with van der Waals surface area (Å²) in [4.78, 5) is 24.3. The molecular weight excluding hydrogens is 424 g/mol. The zero-order valence-corrected chi connectivity index (χ0v) is 18.6. The lowest BCUT2D eigenvalue weighted by atomic mass is 9.78. The van der Waals surface area contributed by atoms with Crippen LogP contribution in [-0.2, 0) is 19.6 Å². The van der Waals surface area contributed by atoms with Crippen molar-refractivity contribution in [2.75, 3.05) is 10.1 Å². The molecule has 158 valence electrons. The third-order valence-corrected chi connectivity index (χ3v) is 7.75. The first-order chi connectivity index (χ1) is 14.0. The van der Waals surface area contributed by atoms with Crippen molar-refractivity contribution >= 4 is 55.0 Å². The monoisotopic (exact) mass is 446 g/mol. The van der Waals surface area contributed by atoms with E-state index in [4.69, 9.17) is 5.41 Å². The van der Waals surface area contributed by atoms with Gasteiger partial charge >= 0.3 is 0 Å². The van der Waals surface area contributed by atoms with E-state index < -0.39 is 27.6 Å². The van der Waals surface area contributed by atoms with Gasteiger partial charge in [0.05, 0.1) is 28.1 Å². The largest absolute Gasteiger partial charge is 0.302 e. The van der Waals surface area contributed by atoms with E-state index in [2.05, 4.69) is 15.2 Å². The highest BCUT2D eigenvalue weighted by atomic mass is 32.2. The number of sulfonamides is 1. The van der Waals surface area contributed by atoms with Crippen molar-refractivity contribution in [3.63, 3.8) is 0 Å². The van der Waals surface area contributed by atoms with Crippen molar-refractivity contribution < 1.29 is 18.0 Å². The summed E-state index contributed by atoms with van der Waals surface area (Å²) >= 11 is 1.33. The Hall–Kier alpha value is -2.85.